The highest BCUT2D eigenvalue weighted by molar-refractivity contribution is 5.93. The first-order valence-corrected chi connectivity index (χ1v) is 8.11. The van der Waals surface area contributed by atoms with Gasteiger partial charge in [-0.15, -0.1) is 0 Å². The van der Waals surface area contributed by atoms with Gasteiger partial charge in [0.15, 0.2) is 0 Å². The Bertz CT molecular complexity index is 503. The van der Waals surface area contributed by atoms with E-state index in [2.05, 4.69) is 40.7 Å². The van der Waals surface area contributed by atoms with E-state index in [9.17, 15) is 4.79 Å². The first-order valence-electron chi connectivity index (χ1n) is 8.11. The van der Waals surface area contributed by atoms with E-state index in [1.54, 1.807) is 0 Å². The van der Waals surface area contributed by atoms with Crippen molar-refractivity contribution in [2.45, 2.75) is 32.6 Å². The number of amides is 1. The molecule has 2 N–H and O–H groups in total. The van der Waals surface area contributed by atoms with Crippen LogP contribution in [-0.2, 0) is 4.79 Å². The number of hydrogen-bond acceptors (Lipinski definition) is 3. The Balaban J connectivity index is 1.66. The summed E-state index contributed by atoms with van der Waals surface area (Å²) < 4.78 is 0. The predicted octanol–water partition coefficient (Wildman–Crippen LogP) is 2.53. The van der Waals surface area contributed by atoms with Crippen molar-refractivity contribution in [3.05, 3.63) is 23.8 Å². The summed E-state index contributed by atoms with van der Waals surface area (Å²) >= 11 is 0. The number of nitrogens with one attached hydrogen (secondary N) is 2. The molecule has 1 atom stereocenters. The molecule has 0 spiro atoms. The molecule has 2 fully saturated rings. The van der Waals surface area contributed by atoms with Gasteiger partial charge < -0.3 is 15.5 Å². The van der Waals surface area contributed by atoms with Crippen LogP contribution in [0.2, 0.25) is 0 Å². The number of aryl methyl sites for hydroxylation is 1. The fraction of sp³-hybridized carbons (Fsp3) is 0.588. The summed E-state index contributed by atoms with van der Waals surface area (Å²) in [5, 5.41) is 6.40. The van der Waals surface area contributed by atoms with Crippen LogP contribution in [0.1, 0.15) is 31.2 Å². The summed E-state index contributed by atoms with van der Waals surface area (Å²) in [6.45, 7) is 6.22. The molecule has 0 aliphatic carbocycles. The normalized spacial score (nSPS) is 22.3. The Morgan fingerprint density at radius 2 is 2.10 bits per heavy atom. The lowest BCUT2D eigenvalue weighted by Crippen LogP contribution is -2.37. The third-order valence-electron chi connectivity index (χ3n) is 4.61. The quantitative estimate of drug-likeness (QED) is 0.898. The van der Waals surface area contributed by atoms with E-state index < -0.39 is 0 Å². The average Bonchev–Trinajstić information content (AvgIpc) is 3.04. The minimum Gasteiger partial charge on any atom is -0.372 e. The summed E-state index contributed by atoms with van der Waals surface area (Å²) in [7, 11) is 0. The first-order chi connectivity index (χ1) is 10.2. The Morgan fingerprint density at radius 3 is 2.76 bits per heavy atom. The molecular formula is C17H25N3O. The Hall–Kier alpha value is -1.55. The number of carbonyl (C=O) groups is 1. The zero-order valence-corrected chi connectivity index (χ0v) is 12.8. The van der Waals surface area contributed by atoms with Gasteiger partial charge in [-0.25, -0.2) is 0 Å². The first kappa shape index (κ1) is 14.4. The van der Waals surface area contributed by atoms with E-state index in [4.69, 9.17) is 0 Å². The summed E-state index contributed by atoms with van der Waals surface area (Å²) in [5.74, 6) is 0.260. The Kier molecular flexibility index (Phi) is 4.44. The molecule has 0 radical (unpaired) electrons. The molecule has 0 aromatic heterocycles. The van der Waals surface area contributed by atoms with E-state index in [0.29, 0.717) is 0 Å². The lowest BCUT2D eigenvalue weighted by Gasteiger charge is -2.23. The van der Waals surface area contributed by atoms with Gasteiger partial charge in [0.1, 0.15) is 0 Å². The minimum atomic E-state index is 0.108. The van der Waals surface area contributed by atoms with Crippen molar-refractivity contribution in [2.24, 2.45) is 5.92 Å². The van der Waals surface area contributed by atoms with E-state index in [1.807, 2.05) is 0 Å². The van der Waals surface area contributed by atoms with Crippen molar-refractivity contribution < 1.29 is 4.79 Å². The lowest BCUT2D eigenvalue weighted by atomic mass is 9.98. The van der Waals surface area contributed by atoms with Gasteiger partial charge in [-0.3, -0.25) is 4.79 Å². The van der Waals surface area contributed by atoms with Crippen LogP contribution in [0.4, 0.5) is 11.4 Å². The zero-order chi connectivity index (χ0) is 14.7. The molecule has 4 heteroatoms. The number of benzene rings is 1. The van der Waals surface area contributed by atoms with Crippen LogP contribution in [-0.4, -0.2) is 32.1 Å². The van der Waals surface area contributed by atoms with Crippen LogP contribution >= 0.6 is 0 Å². The second-order valence-corrected chi connectivity index (χ2v) is 6.23. The van der Waals surface area contributed by atoms with Crippen LogP contribution in [0.5, 0.6) is 0 Å². The molecule has 0 bridgehead atoms. The van der Waals surface area contributed by atoms with Crippen LogP contribution in [0.3, 0.4) is 0 Å². The second-order valence-electron chi connectivity index (χ2n) is 6.23. The highest BCUT2D eigenvalue weighted by atomic mass is 16.1. The smallest absolute Gasteiger partial charge is 0.228 e. The number of carbonyl (C=O) groups excluding carboxylic acids is 1. The van der Waals surface area contributed by atoms with Gasteiger partial charge in [-0.2, -0.15) is 0 Å². The molecule has 1 aromatic carbocycles. The van der Waals surface area contributed by atoms with E-state index in [-0.39, 0.29) is 11.8 Å². The largest absolute Gasteiger partial charge is 0.372 e. The number of anilines is 2. The monoisotopic (exact) mass is 287 g/mol. The molecule has 1 aromatic rings. The summed E-state index contributed by atoms with van der Waals surface area (Å²) in [6.07, 6.45) is 4.65. The number of nitrogens with zero attached hydrogens (tertiary/aromatic N) is 1. The molecule has 0 saturated carbocycles. The third-order valence-corrected chi connectivity index (χ3v) is 4.61. The van der Waals surface area contributed by atoms with Gasteiger partial charge >= 0.3 is 0 Å². The van der Waals surface area contributed by atoms with E-state index in [0.717, 1.165) is 50.3 Å². The van der Waals surface area contributed by atoms with Crippen molar-refractivity contribution in [1.29, 1.82) is 0 Å². The van der Waals surface area contributed by atoms with Crippen molar-refractivity contribution in [3.8, 4) is 0 Å². The standard InChI is InChI=1S/C17H25N3O/c1-13-11-15(20-9-2-3-10-20)6-7-16(13)19-17(21)14-5-4-8-18-12-14/h6-7,11,14,18H,2-5,8-10,12H2,1H3,(H,19,21)/t14-/m0/s1. The van der Waals surface area contributed by atoms with Crippen LogP contribution in [0.25, 0.3) is 0 Å². The molecule has 1 amide bonds. The van der Waals surface area contributed by atoms with E-state index >= 15 is 0 Å². The molecule has 0 unspecified atom stereocenters. The third kappa shape index (κ3) is 3.38. The van der Waals surface area contributed by atoms with Crippen molar-refractivity contribution in [1.82, 2.24) is 5.32 Å². The fourth-order valence-corrected chi connectivity index (χ4v) is 3.27. The van der Waals surface area contributed by atoms with E-state index in [1.165, 1.54) is 18.5 Å². The van der Waals surface area contributed by atoms with Gasteiger partial charge in [-0.05, 0) is 62.9 Å². The number of rotatable bonds is 3. The number of hydrogen-bond donors (Lipinski definition) is 2. The highest BCUT2D eigenvalue weighted by Crippen LogP contribution is 2.26. The lowest BCUT2D eigenvalue weighted by molar-refractivity contribution is -0.120. The SMILES string of the molecule is Cc1cc(N2CCCC2)ccc1NC(=O)[C@H]1CCCNC1. The molecule has 2 aliphatic heterocycles. The van der Waals surface area contributed by atoms with Crippen LogP contribution in [0.15, 0.2) is 18.2 Å². The summed E-state index contributed by atoms with van der Waals surface area (Å²) in [4.78, 5) is 14.7. The topological polar surface area (TPSA) is 44.4 Å². The number of piperidine rings is 1. The van der Waals surface area contributed by atoms with Crippen LogP contribution in [0, 0.1) is 12.8 Å². The van der Waals surface area contributed by atoms with Crippen molar-refractivity contribution in [3.63, 3.8) is 0 Å². The minimum absolute atomic E-state index is 0.108. The van der Waals surface area contributed by atoms with Gasteiger partial charge in [0.2, 0.25) is 5.91 Å². The van der Waals surface area contributed by atoms with Crippen molar-refractivity contribution in [2.75, 3.05) is 36.4 Å². The average molecular weight is 287 g/mol. The molecule has 21 heavy (non-hydrogen) atoms. The molecule has 2 saturated heterocycles. The maximum atomic E-state index is 12.3. The molecule has 2 heterocycles. The summed E-state index contributed by atoms with van der Waals surface area (Å²) in [5.41, 5.74) is 3.38. The van der Waals surface area contributed by atoms with Gasteiger partial charge in [0.25, 0.3) is 0 Å². The Labute approximate surface area is 126 Å². The molecule has 2 aliphatic rings. The molecule has 4 nitrogen and oxygen atoms in total. The van der Waals surface area contributed by atoms with Crippen LogP contribution < -0.4 is 15.5 Å². The maximum Gasteiger partial charge on any atom is 0.228 e. The fourth-order valence-electron chi connectivity index (χ4n) is 3.27. The highest BCUT2D eigenvalue weighted by Gasteiger charge is 2.21. The van der Waals surface area contributed by atoms with Gasteiger partial charge in [-0.1, -0.05) is 0 Å². The molecular weight excluding hydrogens is 262 g/mol. The Morgan fingerprint density at radius 1 is 1.29 bits per heavy atom. The van der Waals surface area contributed by atoms with Gasteiger partial charge in [0, 0.05) is 31.0 Å². The molecule has 3 rings (SSSR count). The molecule has 114 valence electrons. The second kappa shape index (κ2) is 6.48. The van der Waals surface area contributed by atoms with Gasteiger partial charge in [0.05, 0.1) is 5.92 Å². The predicted molar refractivity (Wildman–Crippen MR) is 86.8 cm³/mol. The maximum absolute atomic E-state index is 12.3. The van der Waals surface area contributed by atoms with Crippen molar-refractivity contribution >= 4 is 17.3 Å². The zero-order valence-electron chi connectivity index (χ0n) is 12.8. The summed E-state index contributed by atoms with van der Waals surface area (Å²) in [6, 6.07) is 6.38.